The SMILES string of the molecule is CCS(=O)(=O)N(c1ccc(Br)cc1Cl)C(C)C(=O)O. The van der Waals surface area contributed by atoms with Gasteiger partial charge in [0.1, 0.15) is 6.04 Å². The highest BCUT2D eigenvalue weighted by atomic mass is 79.9. The van der Waals surface area contributed by atoms with Crippen LogP contribution in [0.5, 0.6) is 0 Å². The molecule has 0 aromatic heterocycles. The van der Waals surface area contributed by atoms with Gasteiger partial charge in [-0.15, -0.1) is 0 Å². The molecule has 1 N–H and O–H groups in total. The zero-order chi connectivity index (χ0) is 14.8. The molecule has 1 rings (SSSR count). The Labute approximate surface area is 125 Å². The molecule has 0 aliphatic heterocycles. The third-order valence-electron chi connectivity index (χ3n) is 2.52. The van der Waals surface area contributed by atoms with Crippen molar-refractivity contribution in [3.63, 3.8) is 0 Å². The smallest absolute Gasteiger partial charge is 0.327 e. The highest BCUT2D eigenvalue weighted by molar-refractivity contribution is 9.10. The van der Waals surface area contributed by atoms with Crippen LogP contribution in [0.15, 0.2) is 22.7 Å². The number of aliphatic carboxylic acids is 1. The second kappa shape index (κ2) is 6.11. The molecule has 0 amide bonds. The maximum atomic E-state index is 12.1. The van der Waals surface area contributed by atoms with Crippen molar-refractivity contribution in [3.8, 4) is 0 Å². The maximum Gasteiger partial charge on any atom is 0.327 e. The minimum Gasteiger partial charge on any atom is -0.480 e. The Balaban J connectivity index is 3.44. The second-order valence-corrected chi connectivity index (χ2v) is 7.26. The number of hydrogen-bond acceptors (Lipinski definition) is 3. The molecule has 0 saturated heterocycles. The van der Waals surface area contributed by atoms with E-state index < -0.39 is 22.0 Å². The zero-order valence-electron chi connectivity index (χ0n) is 10.3. The zero-order valence-corrected chi connectivity index (χ0v) is 13.5. The van der Waals surface area contributed by atoms with Crippen LogP contribution in [-0.2, 0) is 14.8 Å². The minimum absolute atomic E-state index is 0.154. The van der Waals surface area contributed by atoms with Crippen molar-refractivity contribution in [2.45, 2.75) is 19.9 Å². The van der Waals surface area contributed by atoms with E-state index in [0.717, 1.165) is 4.31 Å². The quantitative estimate of drug-likeness (QED) is 0.865. The van der Waals surface area contributed by atoms with Gasteiger partial charge < -0.3 is 5.11 Å². The molecule has 1 atom stereocenters. The molecule has 8 heteroatoms. The van der Waals surface area contributed by atoms with E-state index >= 15 is 0 Å². The van der Waals surface area contributed by atoms with Gasteiger partial charge in [-0.2, -0.15) is 0 Å². The monoisotopic (exact) mass is 369 g/mol. The van der Waals surface area contributed by atoms with Gasteiger partial charge in [0.2, 0.25) is 10.0 Å². The lowest BCUT2D eigenvalue weighted by molar-refractivity contribution is -0.137. The third-order valence-corrected chi connectivity index (χ3v) is 5.16. The fraction of sp³-hybridized carbons (Fsp3) is 0.364. The molecule has 0 spiro atoms. The van der Waals surface area contributed by atoms with Gasteiger partial charge in [-0.1, -0.05) is 27.5 Å². The summed E-state index contributed by atoms with van der Waals surface area (Å²) in [6, 6.07) is 3.36. The number of halogens is 2. The van der Waals surface area contributed by atoms with Gasteiger partial charge in [-0.05, 0) is 32.0 Å². The molecule has 0 aliphatic carbocycles. The normalized spacial score (nSPS) is 13.1. The van der Waals surface area contributed by atoms with Crippen LogP contribution in [0.25, 0.3) is 0 Å². The molecule has 1 aromatic carbocycles. The number of carboxylic acids is 1. The van der Waals surface area contributed by atoms with Crippen molar-refractivity contribution < 1.29 is 18.3 Å². The van der Waals surface area contributed by atoms with E-state index in [1.165, 1.54) is 26.0 Å². The summed E-state index contributed by atoms with van der Waals surface area (Å²) in [6.07, 6.45) is 0. The number of carboxylic acid groups (broad SMARTS) is 1. The number of anilines is 1. The molecule has 19 heavy (non-hydrogen) atoms. The first-order chi connectivity index (χ1) is 8.70. The Morgan fingerprint density at radius 2 is 2.11 bits per heavy atom. The van der Waals surface area contributed by atoms with E-state index in [0.29, 0.717) is 4.47 Å². The summed E-state index contributed by atoms with van der Waals surface area (Å²) in [7, 11) is -3.74. The molecule has 1 aromatic rings. The molecule has 0 saturated carbocycles. The summed E-state index contributed by atoms with van der Waals surface area (Å²) < 4.78 is 25.7. The molecule has 0 fully saturated rings. The van der Waals surface area contributed by atoms with E-state index in [2.05, 4.69) is 15.9 Å². The molecule has 1 unspecified atom stereocenters. The van der Waals surface area contributed by atoms with E-state index in [1.54, 1.807) is 6.07 Å². The molecule has 0 bridgehead atoms. The van der Waals surface area contributed by atoms with Crippen LogP contribution in [0.1, 0.15) is 13.8 Å². The molecule has 0 aliphatic rings. The van der Waals surface area contributed by atoms with Crippen LogP contribution in [0.3, 0.4) is 0 Å². The van der Waals surface area contributed by atoms with E-state index in [4.69, 9.17) is 16.7 Å². The van der Waals surface area contributed by atoms with Crippen molar-refractivity contribution >= 4 is 49.2 Å². The van der Waals surface area contributed by atoms with Gasteiger partial charge in [0, 0.05) is 4.47 Å². The van der Waals surface area contributed by atoms with Crippen LogP contribution in [0.4, 0.5) is 5.69 Å². The average Bonchev–Trinajstić information content (AvgIpc) is 2.31. The van der Waals surface area contributed by atoms with Crippen molar-refractivity contribution in [3.05, 3.63) is 27.7 Å². The highest BCUT2D eigenvalue weighted by Gasteiger charge is 2.32. The number of nitrogens with zero attached hydrogens (tertiary/aromatic N) is 1. The average molecular weight is 371 g/mol. The van der Waals surface area contributed by atoms with Gasteiger partial charge >= 0.3 is 5.97 Å². The second-order valence-electron chi connectivity index (χ2n) is 3.81. The number of benzene rings is 1. The van der Waals surface area contributed by atoms with Crippen molar-refractivity contribution in [2.75, 3.05) is 10.1 Å². The molecule has 0 radical (unpaired) electrons. The van der Waals surface area contributed by atoms with Crippen LogP contribution >= 0.6 is 27.5 Å². The van der Waals surface area contributed by atoms with Gasteiger partial charge in [0.05, 0.1) is 16.5 Å². The summed E-state index contributed by atoms with van der Waals surface area (Å²) in [4.78, 5) is 11.1. The Kier molecular flexibility index (Phi) is 5.23. The Morgan fingerprint density at radius 3 is 2.53 bits per heavy atom. The first kappa shape index (κ1) is 16.3. The van der Waals surface area contributed by atoms with Crippen molar-refractivity contribution in [1.82, 2.24) is 0 Å². The largest absolute Gasteiger partial charge is 0.480 e. The summed E-state index contributed by atoms with van der Waals surface area (Å²) in [5, 5.41) is 9.23. The molecule has 5 nitrogen and oxygen atoms in total. The third kappa shape index (κ3) is 3.61. The van der Waals surface area contributed by atoms with Crippen LogP contribution in [0.2, 0.25) is 5.02 Å². The standard InChI is InChI=1S/C11H13BrClNO4S/c1-3-19(17,18)14(7(2)11(15)16)10-5-4-8(12)6-9(10)13/h4-7H,3H2,1-2H3,(H,15,16). The maximum absolute atomic E-state index is 12.1. The number of carbonyl (C=O) groups is 1. The summed E-state index contributed by atoms with van der Waals surface area (Å²) in [5.74, 6) is -1.45. The van der Waals surface area contributed by atoms with Crippen molar-refractivity contribution in [1.29, 1.82) is 0 Å². The number of hydrogen-bond donors (Lipinski definition) is 1. The van der Waals surface area contributed by atoms with E-state index in [-0.39, 0.29) is 16.5 Å². The summed E-state index contributed by atoms with van der Waals surface area (Å²) in [6.45, 7) is 2.75. The molecule has 106 valence electrons. The number of sulfonamides is 1. The fourth-order valence-electron chi connectivity index (χ4n) is 1.50. The summed E-state index contributed by atoms with van der Waals surface area (Å²) in [5.41, 5.74) is 0.154. The fourth-order valence-corrected chi connectivity index (χ4v) is 3.62. The van der Waals surface area contributed by atoms with Crippen molar-refractivity contribution in [2.24, 2.45) is 0 Å². The van der Waals surface area contributed by atoms with Gasteiger partial charge in [-0.3, -0.25) is 4.31 Å². The predicted molar refractivity (Wildman–Crippen MR) is 78.2 cm³/mol. The Hall–Kier alpha value is -0.790. The lowest BCUT2D eigenvalue weighted by Crippen LogP contribution is -2.44. The molecular formula is C11H13BrClNO4S. The molecular weight excluding hydrogens is 358 g/mol. The Morgan fingerprint density at radius 1 is 1.53 bits per heavy atom. The first-order valence-corrected chi connectivity index (χ1v) is 8.18. The van der Waals surface area contributed by atoms with Gasteiger partial charge in [0.15, 0.2) is 0 Å². The predicted octanol–water partition coefficient (Wildman–Crippen LogP) is 2.73. The topological polar surface area (TPSA) is 74.7 Å². The van der Waals surface area contributed by atoms with Crippen LogP contribution in [0, 0.1) is 0 Å². The molecule has 0 heterocycles. The Bertz CT molecular complexity index is 590. The lowest BCUT2D eigenvalue weighted by atomic mass is 10.2. The van der Waals surface area contributed by atoms with Crippen LogP contribution in [-0.4, -0.2) is 31.3 Å². The minimum atomic E-state index is -3.74. The van der Waals surface area contributed by atoms with Gasteiger partial charge in [-0.25, -0.2) is 13.2 Å². The number of rotatable bonds is 5. The van der Waals surface area contributed by atoms with Gasteiger partial charge in [0.25, 0.3) is 0 Å². The van der Waals surface area contributed by atoms with E-state index in [9.17, 15) is 13.2 Å². The van der Waals surface area contributed by atoms with Crippen LogP contribution < -0.4 is 4.31 Å². The van der Waals surface area contributed by atoms with E-state index in [1.807, 2.05) is 0 Å². The lowest BCUT2D eigenvalue weighted by Gasteiger charge is -2.28. The first-order valence-electron chi connectivity index (χ1n) is 5.40. The summed E-state index contributed by atoms with van der Waals surface area (Å²) >= 11 is 9.22. The highest BCUT2D eigenvalue weighted by Crippen LogP contribution is 2.32.